The third-order valence-corrected chi connectivity index (χ3v) is 3.82. The molecule has 0 aliphatic heterocycles. The highest BCUT2D eigenvalue weighted by Gasteiger charge is 2.40. The fourth-order valence-corrected chi connectivity index (χ4v) is 2.50. The number of benzene rings is 1. The smallest absolute Gasteiger partial charge is 0.201 e. The molecule has 0 radical (unpaired) electrons. The summed E-state index contributed by atoms with van der Waals surface area (Å²) < 4.78 is 27.7. The first-order chi connectivity index (χ1) is 8.54. The largest absolute Gasteiger partial charge is 0.273 e. The zero-order valence-corrected chi connectivity index (χ0v) is 10.5. The van der Waals surface area contributed by atoms with E-state index in [1.54, 1.807) is 19.1 Å². The van der Waals surface area contributed by atoms with Gasteiger partial charge in [0, 0.05) is 12.0 Å². The molecule has 0 N–H and O–H groups in total. The molecule has 0 atom stereocenters. The van der Waals surface area contributed by atoms with Crippen molar-refractivity contribution in [3.63, 3.8) is 0 Å². The van der Waals surface area contributed by atoms with E-state index in [0.717, 1.165) is 24.8 Å². The Hall–Kier alpha value is -1.43. The van der Waals surface area contributed by atoms with Gasteiger partial charge in [-0.2, -0.15) is 5.26 Å². The van der Waals surface area contributed by atoms with Gasteiger partial charge in [0.05, 0.1) is 11.5 Å². The minimum Gasteiger partial charge on any atom is -0.201 e. The Morgan fingerprint density at radius 3 is 2.61 bits per heavy atom. The van der Waals surface area contributed by atoms with Gasteiger partial charge in [-0.3, -0.25) is 0 Å². The molecule has 0 saturated heterocycles. The zero-order chi connectivity index (χ0) is 13.2. The first-order valence-electron chi connectivity index (χ1n) is 6.44. The van der Waals surface area contributed by atoms with Gasteiger partial charge in [0.2, 0.25) is 0 Å². The summed E-state index contributed by atoms with van der Waals surface area (Å²) in [5.74, 6) is -2.79. The van der Waals surface area contributed by atoms with Gasteiger partial charge in [-0.1, -0.05) is 31.5 Å². The topological polar surface area (TPSA) is 23.8 Å². The average molecular weight is 249 g/mol. The SMILES string of the molecule is CCCC(F)(F)c1cccc(C2(C#N)CCC2)c1. The maximum Gasteiger partial charge on any atom is 0.273 e. The number of nitriles is 1. The van der Waals surface area contributed by atoms with E-state index in [9.17, 15) is 14.0 Å². The Labute approximate surface area is 106 Å². The molecule has 96 valence electrons. The predicted octanol–water partition coefficient (Wildman–Crippen LogP) is 4.52. The fraction of sp³-hybridized carbons (Fsp3) is 0.533. The molecule has 0 amide bonds. The number of hydrogen-bond acceptors (Lipinski definition) is 1. The molecule has 18 heavy (non-hydrogen) atoms. The zero-order valence-electron chi connectivity index (χ0n) is 10.5. The number of rotatable bonds is 4. The summed E-state index contributed by atoms with van der Waals surface area (Å²) in [6.45, 7) is 1.75. The lowest BCUT2D eigenvalue weighted by Crippen LogP contribution is -2.32. The van der Waals surface area contributed by atoms with Crippen molar-refractivity contribution < 1.29 is 8.78 Å². The third-order valence-electron chi connectivity index (χ3n) is 3.82. The Bertz CT molecular complexity index is 470. The van der Waals surface area contributed by atoms with Crippen molar-refractivity contribution >= 4 is 0 Å². The molecule has 1 aliphatic carbocycles. The van der Waals surface area contributed by atoms with Crippen LogP contribution in [0.25, 0.3) is 0 Å². The van der Waals surface area contributed by atoms with Crippen molar-refractivity contribution in [1.29, 1.82) is 5.26 Å². The minimum absolute atomic E-state index is 0.0448. The quantitative estimate of drug-likeness (QED) is 0.769. The van der Waals surface area contributed by atoms with Crippen LogP contribution in [0.4, 0.5) is 8.78 Å². The van der Waals surface area contributed by atoms with E-state index >= 15 is 0 Å². The third kappa shape index (κ3) is 2.12. The molecule has 0 heterocycles. The monoisotopic (exact) mass is 249 g/mol. The molecular formula is C15H17F2N. The molecule has 0 bridgehead atoms. The van der Waals surface area contributed by atoms with Gasteiger partial charge in [0.15, 0.2) is 0 Å². The minimum atomic E-state index is -2.79. The first kappa shape index (κ1) is 13.0. The maximum absolute atomic E-state index is 13.9. The van der Waals surface area contributed by atoms with E-state index in [0.29, 0.717) is 6.42 Å². The number of halogens is 2. The standard InChI is InChI=1S/C15H17F2N/c1-2-7-15(16,17)13-6-3-5-12(10-13)14(11-18)8-4-9-14/h3,5-6,10H,2,4,7-9H2,1H3. The predicted molar refractivity (Wildman–Crippen MR) is 66.4 cm³/mol. The second-order valence-corrected chi connectivity index (χ2v) is 5.08. The van der Waals surface area contributed by atoms with E-state index in [2.05, 4.69) is 6.07 Å². The Morgan fingerprint density at radius 1 is 1.39 bits per heavy atom. The molecule has 0 unspecified atom stereocenters. The van der Waals surface area contributed by atoms with Gasteiger partial charge in [-0.05, 0) is 30.9 Å². The van der Waals surface area contributed by atoms with Crippen molar-refractivity contribution in [3.05, 3.63) is 35.4 Å². The molecule has 2 rings (SSSR count). The molecule has 3 heteroatoms. The molecule has 1 aliphatic rings. The van der Waals surface area contributed by atoms with Crippen LogP contribution >= 0.6 is 0 Å². The lowest BCUT2D eigenvalue weighted by Gasteiger charge is -2.36. The first-order valence-corrected chi connectivity index (χ1v) is 6.44. The van der Waals surface area contributed by atoms with Crippen LogP contribution in [-0.4, -0.2) is 0 Å². The molecule has 1 saturated carbocycles. The van der Waals surface area contributed by atoms with Crippen molar-refractivity contribution in [1.82, 2.24) is 0 Å². The van der Waals surface area contributed by atoms with Gasteiger partial charge in [0.1, 0.15) is 0 Å². The van der Waals surface area contributed by atoms with Crippen LogP contribution in [0.5, 0.6) is 0 Å². The van der Waals surface area contributed by atoms with Crippen molar-refractivity contribution in [3.8, 4) is 6.07 Å². The van der Waals surface area contributed by atoms with Crippen LogP contribution in [0.15, 0.2) is 24.3 Å². The van der Waals surface area contributed by atoms with Gasteiger partial charge in [-0.25, -0.2) is 8.78 Å². The highest BCUT2D eigenvalue weighted by molar-refractivity contribution is 5.38. The van der Waals surface area contributed by atoms with Gasteiger partial charge >= 0.3 is 0 Å². The van der Waals surface area contributed by atoms with Crippen LogP contribution in [0.1, 0.15) is 50.2 Å². The van der Waals surface area contributed by atoms with Gasteiger partial charge in [0.25, 0.3) is 5.92 Å². The summed E-state index contributed by atoms with van der Waals surface area (Å²) >= 11 is 0. The summed E-state index contributed by atoms with van der Waals surface area (Å²) in [5.41, 5.74) is 0.283. The summed E-state index contributed by atoms with van der Waals surface area (Å²) in [4.78, 5) is 0. The van der Waals surface area contributed by atoms with Crippen LogP contribution < -0.4 is 0 Å². The summed E-state index contributed by atoms with van der Waals surface area (Å²) in [7, 11) is 0. The van der Waals surface area contributed by atoms with Crippen LogP contribution in [0, 0.1) is 11.3 Å². The van der Waals surface area contributed by atoms with Crippen molar-refractivity contribution in [2.75, 3.05) is 0 Å². The molecular weight excluding hydrogens is 232 g/mol. The lowest BCUT2D eigenvalue weighted by atomic mass is 9.65. The van der Waals surface area contributed by atoms with E-state index in [1.165, 1.54) is 12.1 Å². The molecule has 1 aromatic carbocycles. The van der Waals surface area contributed by atoms with Crippen molar-refractivity contribution in [2.45, 2.75) is 50.4 Å². The normalized spacial score (nSPS) is 17.9. The van der Waals surface area contributed by atoms with E-state index in [1.807, 2.05) is 0 Å². The number of nitrogens with zero attached hydrogens (tertiary/aromatic N) is 1. The summed E-state index contributed by atoms with van der Waals surface area (Å²) in [5, 5.41) is 9.25. The van der Waals surface area contributed by atoms with Crippen LogP contribution in [-0.2, 0) is 11.3 Å². The Morgan fingerprint density at radius 2 is 2.11 bits per heavy atom. The van der Waals surface area contributed by atoms with Crippen molar-refractivity contribution in [2.24, 2.45) is 0 Å². The summed E-state index contributed by atoms with van der Waals surface area (Å²) in [6, 6.07) is 8.73. The lowest BCUT2D eigenvalue weighted by molar-refractivity contribution is -0.0141. The Balaban J connectivity index is 2.34. The molecule has 1 fully saturated rings. The summed E-state index contributed by atoms with van der Waals surface area (Å²) in [6.07, 6.45) is 2.87. The highest BCUT2D eigenvalue weighted by Crippen LogP contribution is 2.44. The van der Waals surface area contributed by atoms with Crippen LogP contribution in [0.3, 0.4) is 0 Å². The average Bonchev–Trinajstić information content (AvgIpc) is 2.29. The fourth-order valence-electron chi connectivity index (χ4n) is 2.50. The maximum atomic E-state index is 13.9. The molecule has 1 aromatic rings. The highest BCUT2D eigenvalue weighted by atomic mass is 19.3. The van der Waals surface area contributed by atoms with Gasteiger partial charge in [-0.15, -0.1) is 0 Å². The van der Waals surface area contributed by atoms with E-state index in [4.69, 9.17) is 0 Å². The molecule has 1 nitrogen and oxygen atoms in total. The van der Waals surface area contributed by atoms with Gasteiger partial charge < -0.3 is 0 Å². The molecule has 0 aromatic heterocycles. The second-order valence-electron chi connectivity index (χ2n) is 5.08. The number of alkyl halides is 2. The number of hydrogen-bond donors (Lipinski definition) is 0. The Kier molecular flexibility index (Phi) is 3.38. The van der Waals surface area contributed by atoms with Crippen LogP contribution in [0.2, 0.25) is 0 Å². The molecule has 0 spiro atoms. The van der Waals surface area contributed by atoms with E-state index in [-0.39, 0.29) is 12.0 Å². The second kappa shape index (κ2) is 4.68. The van der Waals surface area contributed by atoms with E-state index < -0.39 is 11.3 Å².